The fraction of sp³-hybridized carbons (Fsp3) is 0.182. The van der Waals surface area contributed by atoms with Crippen LogP contribution in [0.5, 0.6) is 5.75 Å². The van der Waals surface area contributed by atoms with Gasteiger partial charge in [0.1, 0.15) is 25.3 Å². The van der Waals surface area contributed by atoms with Crippen molar-refractivity contribution in [2.75, 3.05) is 0 Å². The van der Waals surface area contributed by atoms with Crippen LogP contribution in [0.1, 0.15) is 79.0 Å². The van der Waals surface area contributed by atoms with Crippen molar-refractivity contribution in [3.05, 3.63) is 211 Å². The molecule has 0 amide bonds. The number of imidazole rings is 1. The van der Waals surface area contributed by atoms with Crippen LogP contribution >= 0.6 is 0 Å². The van der Waals surface area contributed by atoms with E-state index in [4.69, 9.17) is 9.97 Å². The predicted molar refractivity (Wildman–Crippen MR) is 303 cm³/mol. The first-order valence-corrected chi connectivity index (χ1v) is 27.2. The van der Waals surface area contributed by atoms with Gasteiger partial charge < -0.3 is 9.67 Å². The van der Waals surface area contributed by atoms with E-state index in [9.17, 15) is 5.11 Å². The van der Waals surface area contributed by atoms with Crippen LogP contribution in [0.2, 0.25) is 0 Å². The normalized spacial score (nSPS) is 13.3. The van der Waals surface area contributed by atoms with Crippen LogP contribution in [0.25, 0.3) is 78.0 Å². The monoisotopic (exact) mass is 1150 g/mol. The van der Waals surface area contributed by atoms with Gasteiger partial charge in [-0.15, -0.1) is 23.8 Å². The van der Waals surface area contributed by atoms with Gasteiger partial charge in [-0.3, -0.25) is 4.57 Å². The molecule has 1 aliphatic rings. The van der Waals surface area contributed by atoms with Crippen molar-refractivity contribution in [1.82, 2.24) is 19.1 Å². The SMILES string of the molecule is CC(C)(C)c1ccc(-n2c(-c3cc(C(C)(C)C)cc(C(C)(C)C)c3O)nc3c(-c4[c-]c5c(cc4)[Si](c4ccccc4)(c4ccccc4)c4cccc6c7cccnc7n-5c46)cccc32)c(-c2ccccc2)c1.[Pt]. The second-order valence-corrected chi connectivity index (χ2v) is 26.5. The number of hydrogen-bond donors (Lipinski definition) is 1. The molecule has 0 radical (unpaired) electrons. The Morgan fingerprint density at radius 3 is 1.81 bits per heavy atom. The minimum Gasteiger partial charge on any atom is -0.507 e. The zero-order valence-corrected chi connectivity index (χ0v) is 46.2. The first kappa shape index (κ1) is 48.2. The molecule has 11 aromatic rings. The average Bonchev–Trinajstić information content (AvgIpc) is 3.93. The molecular weight excluding hydrogens is 1090 g/mol. The van der Waals surface area contributed by atoms with E-state index in [0.29, 0.717) is 11.4 Å². The third-order valence-electron chi connectivity index (χ3n) is 15.1. The topological polar surface area (TPSA) is 55.9 Å². The molecular formula is C66H59N4OPtSi-. The van der Waals surface area contributed by atoms with Gasteiger partial charge in [-0.05, 0) is 80.2 Å². The van der Waals surface area contributed by atoms with Gasteiger partial charge in [0.05, 0.1) is 27.8 Å². The number of fused-ring (bicyclic) bond motifs is 6. The fourth-order valence-electron chi connectivity index (χ4n) is 11.4. The maximum atomic E-state index is 12.7. The zero-order valence-electron chi connectivity index (χ0n) is 43.0. The third-order valence-corrected chi connectivity index (χ3v) is 19.9. The molecule has 364 valence electrons. The summed E-state index contributed by atoms with van der Waals surface area (Å²) in [6, 6.07) is 70.6. The van der Waals surface area contributed by atoms with Crippen LogP contribution in [0.15, 0.2) is 188 Å². The van der Waals surface area contributed by atoms with E-state index < -0.39 is 8.07 Å². The molecule has 4 heterocycles. The molecule has 0 atom stereocenters. The number of phenols is 1. The molecule has 0 saturated carbocycles. The van der Waals surface area contributed by atoms with Gasteiger partial charge in [0.15, 0.2) is 0 Å². The number of aromatic hydroxyl groups is 1. The molecule has 1 aliphatic heterocycles. The van der Waals surface area contributed by atoms with E-state index >= 15 is 0 Å². The van der Waals surface area contributed by atoms with Crippen LogP contribution in [-0.2, 0) is 37.3 Å². The minimum atomic E-state index is -2.97. The van der Waals surface area contributed by atoms with Crippen LogP contribution in [0, 0.1) is 6.07 Å². The summed E-state index contributed by atoms with van der Waals surface area (Å²) in [6.07, 6.45) is 1.91. The summed E-state index contributed by atoms with van der Waals surface area (Å²) < 4.78 is 4.68. The van der Waals surface area contributed by atoms with Crippen molar-refractivity contribution in [1.29, 1.82) is 0 Å². The number of nitrogens with zero attached hydrogens (tertiary/aromatic N) is 4. The van der Waals surface area contributed by atoms with Crippen molar-refractivity contribution in [3.8, 4) is 50.8 Å². The molecule has 12 rings (SSSR count). The van der Waals surface area contributed by atoms with E-state index in [-0.39, 0.29) is 43.1 Å². The van der Waals surface area contributed by atoms with Crippen LogP contribution in [0.3, 0.4) is 0 Å². The average molecular weight is 1150 g/mol. The second-order valence-electron chi connectivity index (χ2n) is 22.7. The molecule has 0 aliphatic carbocycles. The van der Waals surface area contributed by atoms with Crippen molar-refractivity contribution in [2.24, 2.45) is 0 Å². The Morgan fingerprint density at radius 2 is 1.15 bits per heavy atom. The molecule has 0 fully saturated rings. The van der Waals surface area contributed by atoms with Crippen molar-refractivity contribution in [3.63, 3.8) is 0 Å². The molecule has 0 saturated heterocycles. The largest absolute Gasteiger partial charge is 0.507 e. The molecule has 5 nitrogen and oxygen atoms in total. The Kier molecular flexibility index (Phi) is 11.6. The Morgan fingerprint density at radius 1 is 0.521 bits per heavy atom. The molecule has 73 heavy (non-hydrogen) atoms. The van der Waals surface area contributed by atoms with Gasteiger partial charge in [0.25, 0.3) is 0 Å². The summed E-state index contributed by atoms with van der Waals surface area (Å²) in [5.41, 5.74) is 13.3. The van der Waals surface area contributed by atoms with Gasteiger partial charge >= 0.3 is 0 Å². The molecule has 7 heteroatoms. The smallest absolute Gasteiger partial charge is 0.148 e. The molecule has 0 unspecified atom stereocenters. The molecule has 1 N–H and O–H groups in total. The van der Waals surface area contributed by atoms with Crippen molar-refractivity contribution >= 4 is 61.8 Å². The van der Waals surface area contributed by atoms with Crippen LogP contribution < -0.4 is 20.7 Å². The Hall–Kier alpha value is -7.11. The van der Waals surface area contributed by atoms with E-state index in [2.05, 4.69) is 253 Å². The fourth-order valence-corrected chi connectivity index (χ4v) is 16.5. The van der Waals surface area contributed by atoms with E-state index in [1.54, 1.807) is 0 Å². The summed E-state index contributed by atoms with van der Waals surface area (Å²) >= 11 is 0. The number of benzene rings is 8. The standard InChI is InChI=1S/C66H59N4OSi.Pt/c1-64(2,3)44-34-35-54(51(39-44)42-22-13-10-14-23-42)69-55-31-19-28-48(59(55)68-63(69)52-40-45(65(4,5)6)41-53(61(52)71)66(7,8)9)43-33-36-57-56(38-43)70-60-49(50-30-21-37-67-62(50)70)29-20-32-58(60)72(57,46-24-15-11-16-25-46)47-26-17-12-18-27-47;/h10-37,39-41,71H,1-9H3;/q-1;. The summed E-state index contributed by atoms with van der Waals surface area (Å²) in [7, 11) is -2.97. The Balaban J connectivity index is 0.00000574. The summed E-state index contributed by atoms with van der Waals surface area (Å²) in [6.45, 7) is 20.0. The van der Waals surface area contributed by atoms with Crippen molar-refractivity contribution < 1.29 is 26.2 Å². The quantitative estimate of drug-likeness (QED) is 0.133. The number of aromatic nitrogens is 4. The maximum Gasteiger partial charge on any atom is 0.148 e. The summed E-state index contributed by atoms with van der Waals surface area (Å²) in [5, 5.41) is 20.3. The maximum absolute atomic E-state index is 12.7. The zero-order chi connectivity index (χ0) is 49.9. The van der Waals surface area contributed by atoms with Gasteiger partial charge in [0.2, 0.25) is 0 Å². The van der Waals surface area contributed by atoms with E-state index in [0.717, 1.165) is 66.8 Å². The Bertz CT molecular complexity index is 3890. The van der Waals surface area contributed by atoms with E-state index in [1.807, 2.05) is 12.3 Å². The molecule has 8 aromatic carbocycles. The third kappa shape index (κ3) is 7.59. The summed E-state index contributed by atoms with van der Waals surface area (Å²) in [4.78, 5) is 10.9. The number of phenolic OH excluding ortho intramolecular Hbond substituents is 1. The van der Waals surface area contributed by atoms with Gasteiger partial charge in [-0.25, -0.2) is 9.97 Å². The molecule has 0 bridgehead atoms. The number of rotatable bonds is 6. The van der Waals surface area contributed by atoms with E-state index in [1.165, 1.54) is 37.2 Å². The molecule has 0 spiro atoms. The second kappa shape index (κ2) is 17.5. The Labute approximate surface area is 444 Å². The van der Waals surface area contributed by atoms with Crippen LogP contribution in [0.4, 0.5) is 0 Å². The first-order chi connectivity index (χ1) is 34.5. The first-order valence-electron chi connectivity index (χ1n) is 25.2. The number of pyridine rings is 1. The van der Waals surface area contributed by atoms with Crippen LogP contribution in [-0.4, -0.2) is 32.3 Å². The predicted octanol–water partition coefficient (Wildman–Crippen LogP) is 13.6. The minimum absolute atomic E-state index is 0. The van der Waals surface area contributed by atoms with Gasteiger partial charge in [0, 0.05) is 49.2 Å². The van der Waals surface area contributed by atoms with Gasteiger partial charge in [-0.1, -0.05) is 217 Å². The van der Waals surface area contributed by atoms with Crippen molar-refractivity contribution in [2.45, 2.75) is 78.6 Å². The molecule has 3 aromatic heterocycles. The summed E-state index contributed by atoms with van der Waals surface area (Å²) in [5.74, 6) is 0.931. The number of para-hydroxylation sites is 2. The van der Waals surface area contributed by atoms with Gasteiger partial charge in [-0.2, -0.15) is 0 Å². The number of hydrogen-bond acceptors (Lipinski definition) is 3.